The molecule has 0 aliphatic heterocycles. The fourth-order valence-corrected chi connectivity index (χ4v) is 2.44. The van der Waals surface area contributed by atoms with Crippen LogP contribution in [0, 0.1) is 0 Å². The minimum atomic E-state index is -0.157. The highest BCUT2D eigenvalue weighted by atomic mass is 79.9. The number of carbonyl (C=O) groups is 1. The van der Waals surface area contributed by atoms with Gasteiger partial charge in [0.1, 0.15) is 0 Å². The fourth-order valence-electron chi connectivity index (χ4n) is 2.02. The molecule has 0 bridgehead atoms. The first-order chi connectivity index (χ1) is 9.51. The normalized spacial score (nSPS) is 10.6. The molecule has 1 aromatic heterocycles. The molecular weight excluding hydrogens is 320 g/mol. The number of anilines is 1. The predicted molar refractivity (Wildman–Crippen MR) is 82.3 cm³/mol. The summed E-state index contributed by atoms with van der Waals surface area (Å²) in [5.74, 6) is -0.157. The average Bonchev–Trinajstić information content (AvgIpc) is 2.79. The third-order valence-corrected chi connectivity index (χ3v) is 3.69. The van der Waals surface area contributed by atoms with Crippen LogP contribution >= 0.6 is 15.9 Å². The molecule has 1 aromatic carbocycles. The molecule has 0 atom stereocenters. The van der Waals surface area contributed by atoms with Gasteiger partial charge in [-0.15, -0.1) is 0 Å². The highest BCUT2D eigenvalue weighted by Gasteiger charge is 2.12. The Kier molecular flexibility index (Phi) is 4.44. The summed E-state index contributed by atoms with van der Waals surface area (Å²) in [4.78, 5) is 12.2. The van der Waals surface area contributed by atoms with Crippen molar-refractivity contribution in [2.24, 2.45) is 7.05 Å². The molecule has 20 heavy (non-hydrogen) atoms. The lowest BCUT2D eigenvalue weighted by molar-refractivity contribution is 0.0950. The summed E-state index contributed by atoms with van der Waals surface area (Å²) < 4.78 is 2.49. The molecule has 0 spiro atoms. The highest BCUT2D eigenvalue weighted by Crippen LogP contribution is 2.19. The highest BCUT2D eigenvalue weighted by molar-refractivity contribution is 9.10. The molecule has 3 N–H and O–H groups in total. The van der Waals surface area contributed by atoms with Crippen molar-refractivity contribution in [3.8, 4) is 0 Å². The predicted octanol–water partition coefficient (Wildman–Crippen LogP) is 2.26. The van der Waals surface area contributed by atoms with Gasteiger partial charge in [0.2, 0.25) is 0 Å². The molecule has 1 heterocycles. The van der Waals surface area contributed by atoms with E-state index < -0.39 is 0 Å². The smallest absolute Gasteiger partial charge is 0.252 e. The molecule has 0 saturated carbocycles. The van der Waals surface area contributed by atoms with Crippen LogP contribution in [0.3, 0.4) is 0 Å². The van der Waals surface area contributed by atoms with Gasteiger partial charge in [0.25, 0.3) is 5.91 Å². The molecule has 0 fully saturated rings. The van der Waals surface area contributed by atoms with Crippen molar-refractivity contribution in [1.29, 1.82) is 0 Å². The molecule has 2 rings (SSSR count). The quantitative estimate of drug-likeness (QED) is 0.841. The van der Waals surface area contributed by atoms with E-state index in [-0.39, 0.29) is 5.91 Å². The van der Waals surface area contributed by atoms with E-state index in [0.29, 0.717) is 17.8 Å². The number of aromatic nitrogens is 2. The topological polar surface area (TPSA) is 72.9 Å². The molecule has 0 unspecified atom stereocenters. The zero-order chi connectivity index (χ0) is 14.7. The third kappa shape index (κ3) is 3.19. The number of rotatable bonds is 4. The van der Waals surface area contributed by atoms with Crippen LogP contribution in [0.1, 0.15) is 28.5 Å². The molecule has 1 amide bonds. The maximum atomic E-state index is 12.2. The van der Waals surface area contributed by atoms with E-state index in [9.17, 15) is 4.79 Å². The zero-order valence-electron chi connectivity index (χ0n) is 11.5. The Bertz CT molecular complexity index is 636. The fraction of sp³-hybridized carbons (Fsp3) is 0.286. The number of hydrogen-bond donors (Lipinski definition) is 2. The van der Waals surface area contributed by atoms with Gasteiger partial charge in [0, 0.05) is 35.5 Å². The number of amides is 1. The van der Waals surface area contributed by atoms with Crippen molar-refractivity contribution in [2.75, 3.05) is 5.73 Å². The minimum Gasteiger partial charge on any atom is -0.399 e. The summed E-state index contributed by atoms with van der Waals surface area (Å²) >= 11 is 3.36. The van der Waals surface area contributed by atoms with E-state index in [2.05, 4.69) is 26.3 Å². The van der Waals surface area contributed by atoms with Crippen LogP contribution in [0.25, 0.3) is 0 Å². The van der Waals surface area contributed by atoms with Crippen molar-refractivity contribution < 1.29 is 4.79 Å². The first-order valence-electron chi connectivity index (χ1n) is 6.36. The van der Waals surface area contributed by atoms with Crippen LogP contribution in [-0.4, -0.2) is 15.7 Å². The van der Waals surface area contributed by atoms with Gasteiger partial charge in [-0.25, -0.2) is 0 Å². The second-order valence-corrected chi connectivity index (χ2v) is 5.40. The molecule has 2 aromatic rings. The van der Waals surface area contributed by atoms with E-state index in [4.69, 9.17) is 5.73 Å². The van der Waals surface area contributed by atoms with Crippen molar-refractivity contribution in [2.45, 2.75) is 19.9 Å². The Labute approximate surface area is 126 Å². The Morgan fingerprint density at radius 1 is 1.50 bits per heavy atom. The Morgan fingerprint density at radius 2 is 2.25 bits per heavy atom. The summed E-state index contributed by atoms with van der Waals surface area (Å²) in [5, 5.41) is 7.24. The molecular formula is C14H17BrN4O. The number of nitrogens with one attached hydrogen (secondary N) is 1. The lowest BCUT2D eigenvalue weighted by Crippen LogP contribution is -2.23. The second-order valence-electron chi connectivity index (χ2n) is 4.55. The molecule has 6 heteroatoms. The Morgan fingerprint density at radius 3 is 2.95 bits per heavy atom. The first kappa shape index (κ1) is 14.6. The SMILES string of the molecule is CCc1nn(C)cc1CNC(=O)c1cc(N)ccc1Br. The van der Waals surface area contributed by atoms with E-state index in [1.807, 2.05) is 20.2 Å². The van der Waals surface area contributed by atoms with Gasteiger partial charge in [0.15, 0.2) is 0 Å². The molecule has 106 valence electrons. The van der Waals surface area contributed by atoms with Crippen molar-refractivity contribution >= 4 is 27.5 Å². The largest absolute Gasteiger partial charge is 0.399 e. The molecule has 0 aliphatic rings. The van der Waals surface area contributed by atoms with Crippen molar-refractivity contribution in [1.82, 2.24) is 15.1 Å². The maximum Gasteiger partial charge on any atom is 0.252 e. The lowest BCUT2D eigenvalue weighted by Gasteiger charge is -2.07. The average molecular weight is 337 g/mol. The van der Waals surface area contributed by atoms with Gasteiger partial charge in [-0.3, -0.25) is 9.48 Å². The number of nitrogens with two attached hydrogens (primary N) is 1. The summed E-state index contributed by atoms with van der Waals surface area (Å²) in [6, 6.07) is 5.17. The van der Waals surface area contributed by atoms with Crippen LogP contribution in [-0.2, 0) is 20.0 Å². The van der Waals surface area contributed by atoms with Crippen LogP contribution in [0.5, 0.6) is 0 Å². The third-order valence-electron chi connectivity index (χ3n) is 3.00. The van der Waals surface area contributed by atoms with Gasteiger partial charge in [-0.1, -0.05) is 6.92 Å². The lowest BCUT2D eigenvalue weighted by atomic mass is 10.1. The molecule has 0 radical (unpaired) electrons. The Balaban J connectivity index is 2.10. The maximum absolute atomic E-state index is 12.2. The van der Waals surface area contributed by atoms with Gasteiger partial charge < -0.3 is 11.1 Å². The number of hydrogen-bond acceptors (Lipinski definition) is 3. The number of nitrogens with zero attached hydrogens (tertiary/aromatic N) is 2. The molecule has 0 saturated heterocycles. The summed E-state index contributed by atoms with van der Waals surface area (Å²) in [6.07, 6.45) is 2.77. The van der Waals surface area contributed by atoms with Crippen LogP contribution in [0.15, 0.2) is 28.9 Å². The van der Waals surface area contributed by atoms with E-state index >= 15 is 0 Å². The number of aryl methyl sites for hydroxylation is 2. The van der Waals surface area contributed by atoms with Gasteiger partial charge >= 0.3 is 0 Å². The summed E-state index contributed by atoms with van der Waals surface area (Å²) in [5.41, 5.74) is 8.84. The van der Waals surface area contributed by atoms with Crippen LogP contribution < -0.4 is 11.1 Å². The Hall–Kier alpha value is -1.82. The van der Waals surface area contributed by atoms with E-state index in [0.717, 1.165) is 22.2 Å². The number of benzene rings is 1. The van der Waals surface area contributed by atoms with Crippen molar-refractivity contribution in [3.05, 3.63) is 45.7 Å². The zero-order valence-corrected chi connectivity index (χ0v) is 13.1. The minimum absolute atomic E-state index is 0.157. The number of halogens is 1. The number of carbonyl (C=O) groups excluding carboxylic acids is 1. The first-order valence-corrected chi connectivity index (χ1v) is 7.15. The standard InChI is InChI=1S/C14H17BrN4O/c1-3-13-9(8-19(2)18-13)7-17-14(20)11-6-10(16)4-5-12(11)15/h4-6,8H,3,7,16H2,1-2H3,(H,17,20). The van der Waals surface area contributed by atoms with Crippen molar-refractivity contribution in [3.63, 3.8) is 0 Å². The van der Waals surface area contributed by atoms with Crippen LogP contribution in [0.4, 0.5) is 5.69 Å². The van der Waals surface area contributed by atoms with Gasteiger partial charge in [-0.2, -0.15) is 5.10 Å². The van der Waals surface area contributed by atoms with Crippen LogP contribution in [0.2, 0.25) is 0 Å². The molecule has 5 nitrogen and oxygen atoms in total. The second kappa shape index (κ2) is 6.09. The van der Waals surface area contributed by atoms with Gasteiger partial charge in [-0.05, 0) is 40.5 Å². The molecule has 0 aliphatic carbocycles. The van der Waals surface area contributed by atoms with Gasteiger partial charge in [0.05, 0.1) is 11.3 Å². The van der Waals surface area contributed by atoms with E-state index in [1.54, 1.807) is 22.9 Å². The summed E-state index contributed by atoms with van der Waals surface area (Å²) in [6.45, 7) is 2.50. The van der Waals surface area contributed by atoms with E-state index in [1.165, 1.54) is 0 Å². The summed E-state index contributed by atoms with van der Waals surface area (Å²) in [7, 11) is 1.87. The number of nitrogen functional groups attached to an aromatic ring is 1. The monoisotopic (exact) mass is 336 g/mol.